The Balaban J connectivity index is 1.48. The number of ether oxygens (including phenoxy) is 3. The molecule has 1 aromatic carbocycles. The molecule has 0 saturated carbocycles. The van der Waals surface area contributed by atoms with E-state index in [0.717, 1.165) is 64.4 Å². The third-order valence-corrected chi connectivity index (χ3v) is 5.25. The van der Waals surface area contributed by atoms with E-state index in [0.29, 0.717) is 11.8 Å². The highest BCUT2D eigenvalue weighted by molar-refractivity contribution is 5.78. The van der Waals surface area contributed by atoms with E-state index in [1.165, 1.54) is 6.42 Å². The molecule has 2 aliphatic heterocycles. The third kappa shape index (κ3) is 5.35. The molecule has 3 rings (SSSR count). The highest BCUT2D eigenvalue weighted by Crippen LogP contribution is 2.21. The van der Waals surface area contributed by atoms with Crippen molar-refractivity contribution in [3.05, 3.63) is 24.3 Å². The van der Waals surface area contributed by atoms with Gasteiger partial charge in [-0.1, -0.05) is 0 Å². The van der Waals surface area contributed by atoms with Crippen molar-refractivity contribution < 1.29 is 19.0 Å². The Kier molecular flexibility index (Phi) is 7.14. The molecule has 2 aliphatic rings. The summed E-state index contributed by atoms with van der Waals surface area (Å²) in [6.45, 7) is 5.63. The number of hydrogen-bond donors (Lipinski definition) is 0. The number of likely N-dealkylation sites (tertiary alicyclic amines) is 1. The third-order valence-electron chi connectivity index (χ3n) is 5.25. The van der Waals surface area contributed by atoms with Crippen LogP contribution >= 0.6 is 0 Å². The minimum atomic E-state index is 0.0903. The minimum Gasteiger partial charge on any atom is -0.497 e. The summed E-state index contributed by atoms with van der Waals surface area (Å²) in [5, 5.41) is 0. The number of nitrogens with zero attached hydrogens (tertiary/aromatic N) is 2. The number of amides is 1. The van der Waals surface area contributed by atoms with Crippen LogP contribution < -0.4 is 9.47 Å². The molecule has 6 nitrogen and oxygen atoms in total. The van der Waals surface area contributed by atoms with Crippen LogP contribution in [-0.4, -0.2) is 74.9 Å². The van der Waals surface area contributed by atoms with E-state index in [1.54, 1.807) is 7.11 Å². The van der Waals surface area contributed by atoms with Gasteiger partial charge >= 0.3 is 0 Å². The van der Waals surface area contributed by atoms with Gasteiger partial charge in [0.25, 0.3) is 5.91 Å². The molecule has 0 unspecified atom stereocenters. The summed E-state index contributed by atoms with van der Waals surface area (Å²) >= 11 is 0. The quantitative estimate of drug-likeness (QED) is 0.744. The van der Waals surface area contributed by atoms with E-state index >= 15 is 0 Å². The molecule has 2 saturated heterocycles. The number of rotatable bonds is 7. The average molecular weight is 362 g/mol. The molecule has 1 aromatic rings. The predicted molar refractivity (Wildman–Crippen MR) is 99.7 cm³/mol. The normalized spacial score (nSPS) is 21.4. The molecule has 0 N–H and O–H groups in total. The molecule has 6 heteroatoms. The first-order valence-corrected chi connectivity index (χ1v) is 9.62. The summed E-state index contributed by atoms with van der Waals surface area (Å²) in [5.41, 5.74) is 0. The Morgan fingerprint density at radius 1 is 1.12 bits per heavy atom. The van der Waals surface area contributed by atoms with Crippen molar-refractivity contribution in [1.82, 2.24) is 9.80 Å². The topological polar surface area (TPSA) is 51.2 Å². The fraction of sp³-hybridized carbons (Fsp3) is 0.650. The summed E-state index contributed by atoms with van der Waals surface area (Å²) in [4.78, 5) is 17.2. The van der Waals surface area contributed by atoms with E-state index in [-0.39, 0.29) is 12.5 Å². The Hall–Kier alpha value is -1.79. The van der Waals surface area contributed by atoms with Gasteiger partial charge in [-0.15, -0.1) is 0 Å². The molecule has 1 amide bonds. The lowest BCUT2D eigenvalue weighted by atomic mass is 9.99. The van der Waals surface area contributed by atoms with Crippen molar-refractivity contribution in [2.24, 2.45) is 0 Å². The lowest BCUT2D eigenvalue weighted by molar-refractivity contribution is -0.137. The van der Waals surface area contributed by atoms with Gasteiger partial charge in [-0.25, -0.2) is 0 Å². The van der Waals surface area contributed by atoms with Gasteiger partial charge in [0.2, 0.25) is 0 Å². The molecule has 0 aliphatic carbocycles. The van der Waals surface area contributed by atoms with Crippen molar-refractivity contribution in [3.8, 4) is 11.5 Å². The SMILES string of the molecule is COc1ccc(OCC(=O)N2CCCC[C@H]2CCN2CCOCC2)cc1. The Bertz CT molecular complexity index is 557. The first-order chi connectivity index (χ1) is 12.8. The van der Waals surface area contributed by atoms with Crippen LogP contribution in [0.15, 0.2) is 24.3 Å². The minimum absolute atomic E-state index is 0.0903. The fourth-order valence-corrected chi connectivity index (χ4v) is 3.69. The summed E-state index contributed by atoms with van der Waals surface area (Å²) in [5.74, 6) is 1.57. The summed E-state index contributed by atoms with van der Waals surface area (Å²) in [7, 11) is 1.63. The van der Waals surface area contributed by atoms with Crippen molar-refractivity contribution in [2.75, 3.05) is 53.1 Å². The zero-order chi connectivity index (χ0) is 18.2. The van der Waals surface area contributed by atoms with E-state index in [2.05, 4.69) is 4.90 Å². The number of hydrogen-bond acceptors (Lipinski definition) is 5. The van der Waals surface area contributed by atoms with Crippen LogP contribution in [0.2, 0.25) is 0 Å². The Morgan fingerprint density at radius 2 is 1.85 bits per heavy atom. The Morgan fingerprint density at radius 3 is 2.58 bits per heavy atom. The van der Waals surface area contributed by atoms with Gasteiger partial charge in [-0.2, -0.15) is 0 Å². The lowest BCUT2D eigenvalue weighted by Gasteiger charge is -2.37. The predicted octanol–water partition coefficient (Wildman–Crippen LogP) is 2.18. The average Bonchev–Trinajstić information content (AvgIpc) is 2.72. The lowest BCUT2D eigenvalue weighted by Crippen LogP contribution is -2.47. The molecule has 0 bridgehead atoms. The van der Waals surface area contributed by atoms with Crippen LogP contribution in [0.4, 0.5) is 0 Å². The number of benzene rings is 1. The van der Waals surface area contributed by atoms with Crippen LogP contribution in [0.3, 0.4) is 0 Å². The number of carbonyl (C=O) groups is 1. The Labute approximate surface area is 156 Å². The molecule has 144 valence electrons. The number of carbonyl (C=O) groups excluding carboxylic acids is 1. The molecule has 2 fully saturated rings. The van der Waals surface area contributed by atoms with Crippen molar-refractivity contribution in [1.29, 1.82) is 0 Å². The van der Waals surface area contributed by atoms with E-state index < -0.39 is 0 Å². The van der Waals surface area contributed by atoms with Crippen molar-refractivity contribution in [3.63, 3.8) is 0 Å². The van der Waals surface area contributed by atoms with Crippen LogP contribution in [0.25, 0.3) is 0 Å². The maximum atomic E-state index is 12.7. The number of morpholine rings is 1. The van der Waals surface area contributed by atoms with Crippen molar-refractivity contribution in [2.45, 2.75) is 31.7 Å². The zero-order valence-electron chi connectivity index (χ0n) is 15.7. The maximum Gasteiger partial charge on any atom is 0.260 e. The van der Waals surface area contributed by atoms with Gasteiger partial charge < -0.3 is 19.1 Å². The highest BCUT2D eigenvalue weighted by atomic mass is 16.5. The van der Waals surface area contributed by atoms with Gasteiger partial charge in [0.15, 0.2) is 6.61 Å². The second-order valence-corrected chi connectivity index (χ2v) is 6.94. The van der Waals surface area contributed by atoms with Crippen LogP contribution in [0, 0.1) is 0 Å². The first-order valence-electron chi connectivity index (χ1n) is 9.62. The van der Waals surface area contributed by atoms with Gasteiger partial charge in [0.1, 0.15) is 11.5 Å². The zero-order valence-corrected chi connectivity index (χ0v) is 15.7. The van der Waals surface area contributed by atoms with Gasteiger partial charge in [0, 0.05) is 32.2 Å². The molecule has 2 heterocycles. The van der Waals surface area contributed by atoms with E-state index in [4.69, 9.17) is 14.2 Å². The van der Waals surface area contributed by atoms with E-state index in [9.17, 15) is 4.79 Å². The number of methoxy groups -OCH3 is 1. The second kappa shape index (κ2) is 9.78. The van der Waals surface area contributed by atoms with Crippen LogP contribution in [0.5, 0.6) is 11.5 Å². The first kappa shape index (κ1) is 19.0. The summed E-state index contributed by atoms with van der Waals surface area (Å²) < 4.78 is 16.2. The summed E-state index contributed by atoms with van der Waals surface area (Å²) in [6.07, 6.45) is 4.42. The maximum absolute atomic E-state index is 12.7. The largest absolute Gasteiger partial charge is 0.497 e. The molecule has 0 spiro atoms. The monoisotopic (exact) mass is 362 g/mol. The highest BCUT2D eigenvalue weighted by Gasteiger charge is 2.27. The summed E-state index contributed by atoms with van der Waals surface area (Å²) in [6, 6.07) is 7.67. The van der Waals surface area contributed by atoms with Gasteiger partial charge in [0.05, 0.1) is 20.3 Å². The van der Waals surface area contributed by atoms with Crippen molar-refractivity contribution >= 4 is 5.91 Å². The molecular weight excluding hydrogens is 332 g/mol. The van der Waals surface area contributed by atoms with Gasteiger partial charge in [-0.05, 0) is 49.9 Å². The molecule has 26 heavy (non-hydrogen) atoms. The van der Waals surface area contributed by atoms with Crippen LogP contribution in [0.1, 0.15) is 25.7 Å². The smallest absolute Gasteiger partial charge is 0.260 e. The van der Waals surface area contributed by atoms with Crippen LogP contribution in [-0.2, 0) is 9.53 Å². The van der Waals surface area contributed by atoms with Gasteiger partial charge in [-0.3, -0.25) is 9.69 Å². The standard InChI is InChI=1S/C20H30N2O4/c1-24-18-5-7-19(8-6-18)26-16-20(23)22-10-3-2-4-17(22)9-11-21-12-14-25-15-13-21/h5-8,17H,2-4,9-16H2,1H3/t17-/m0/s1. The number of piperidine rings is 1. The molecule has 1 atom stereocenters. The van der Waals surface area contributed by atoms with E-state index in [1.807, 2.05) is 29.2 Å². The second-order valence-electron chi connectivity index (χ2n) is 6.94. The molecule has 0 aromatic heterocycles. The fourth-order valence-electron chi connectivity index (χ4n) is 3.69. The molecule has 0 radical (unpaired) electrons. The molecular formula is C20H30N2O4.